The van der Waals surface area contributed by atoms with Crippen LogP contribution in [-0.2, 0) is 16.0 Å². The summed E-state index contributed by atoms with van der Waals surface area (Å²) in [6.07, 6.45) is 3.38. The molecule has 6 heteroatoms. The molecule has 0 atom stereocenters. The molecule has 5 nitrogen and oxygen atoms in total. The van der Waals surface area contributed by atoms with Crippen LogP contribution in [0.15, 0.2) is 18.2 Å². The molecule has 0 saturated carbocycles. The van der Waals surface area contributed by atoms with Crippen molar-refractivity contribution >= 4 is 29.1 Å². The standard InChI is InChI=1S/C14H18ClN3O2/c15-11-6-5-10-8-14(20)18(12(10)9-11)7-3-1-2-4-13(19)17-16/h5-6,9H,1-4,7-8,16H2,(H,17,19). The van der Waals surface area contributed by atoms with Crippen LogP contribution in [0.3, 0.4) is 0 Å². The number of benzene rings is 1. The van der Waals surface area contributed by atoms with Crippen LogP contribution in [-0.4, -0.2) is 18.4 Å². The van der Waals surface area contributed by atoms with Crippen molar-refractivity contribution in [2.24, 2.45) is 5.84 Å². The van der Waals surface area contributed by atoms with E-state index in [1.165, 1.54) is 0 Å². The van der Waals surface area contributed by atoms with E-state index in [1.54, 1.807) is 4.90 Å². The van der Waals surface area contributed by atoms with E-state index >= 15 is 0 Å². The lowest BCUT2D eigenvalue weighted by molar-refractivity contribution is -0.121. The summed E-state index contributed by atoms with van der Waals surface area (Å²) in [6.45, 7) is 0.663. The van der Waals surface area contributed by atoms with Gasteiger partial charge in [0, 0.05) is 23.7 Å². The summed E-state index contributed by atoms with van der Waals surface area (Å²) in [5.41, 5.74) is 4.05. The van der Waals surface area contributed by atoms with E-state index in [4.69, 9.17) is 17.4 Å². The zero-order chi connectivity index (χ0) is 14.5. The molecule has 1 heterocycles. The number of halogens is 1. The average molecular weight is 296 g/mol. The number of hydrogen-bond donors (Lipinski definition) is 2. The van der Waals surface area contributed by atoms with Gasteiger partial charge >= 0.3 is 0 Å². The Bertz CT molecular complexity index is 519. The van der Waals surface area contributed by atoms with Crippen molar-refractivity contribution in [3.05, 3.63) is 28.8 Å². The molecule has 0 saturated heterocycles. The predicted octanol–water partition coefficient (Wildman–Crippen LogP) is 1.78. The Kier molecular flexibility index (Phi) is 4.98. The molecule has 1 aromatic rings. The summed E-state index contributed by atoms with van der Waals surface area (Å²) in [4.78, 5) is 24.7. The minimum absolute atomic E-state index is 0.113. The number of nitrogens with one attached hydrogen (secondary N) is 1. The molecule has 1 aliphatic rings. The number of carbonyl (C=O) groups is 2. The second-order valence-corrected chi connectivity index (χ2v) is 5.31. The number of amides is 2. The van der Waals surface area contributed by atoms with Gasteiger partial charge in [-0.15, -0.1) is 0 Å². The number of carbonyl (C=O) groups excluding carboxylic acids is 2. The number of hydrazine groups is 1. The second kappa shape index (κ2) is 6.72. The van der Waals surface area contributed by atoms with Gasteiger partial charge in [-0.2, -0.15) is 0 Å². The van der Waals surface area contributed by atoms with Crippen LogP contribution < -0.4 is 16.2 Å². The maximum absolute atomic E-state index is 12.0. The Balaban J connectivity index is 1.83. The number of nitrogens with zero attached hydrogens (tertiary/aromatic N) is 1. The molecule has 108 valence electrons. The Labute approximate surface area is 123 Å². The van der Waals surface area contributed by atoms with Crippen LogP contribution in [0.1, 0.15) is 31.2 Å². The van der Waals surface area contributed by atoms with Crippen LogP contribution in [0.25, 0.3) is 0 Å². The first-order chi connectivity index (χ1) is 9.61. The zero-order valence-corrected chi connectivity index (χ0v) is 11.9. The first kappa shape index (κ1) is 14.8. The third kappa shape index (κ3) is 3.49. The van der Waals surface area contributed by atoms with Gasteiger partial charge in [-0.1, -0.05) is 24.1 Å². The molecule has 0 aliphatic carbocycles. The van der Waals surface area contributed by atoms with Gasteiger partial charge in [0.05, 0.1) is 6.42 Å². The van der Waals surface area contributed by atoms with Crippen LogP contribution in [0, 0.1) is 0 Å². The Morgan fingerprint density at radius 2 is 2.15 bits per heavy atom. The van der Waals surface area contributed by atoms with Gasteiger partial charge in [-0.05, 0) is 30.5 Å². The Hall–Kier alpha value is -1.59. The maximum atomic E-state index is 12.0. The van der Waals surface area contributed by atoms with Gasteiger partial charge < -0.3 is 4.90 Å². The molecule has 2 amide bonds. The summed E-state index contributed by atoms with van der Waals surface area (Å²) in [7, 11) is 0. The predicted molar refractivity (Wildman–Crippen MR) is 78.3 cm³/mol. The van der Waals surface area contributed by atoms with Gasteiger partial charge in [-0.25, -0.2) is 5.84 Å². The van der Waals surface area contributed by atoms with Crippen molar-refractivity contribution < 1.29 is 9.59 Å². The highest BCUT2D eigenvalue weighted by atomic mass is 35.5. The highest BCUT2D eigenvalue weighted by Crippen LogP contribution is 2.31. The lowest BCUT2D eigenvalue weighted by Gasteiger charge is -2.17. The molecule has 0 unspecified atom stereocenters. The first-order valence-electron chi connectivity index (χ1n) is 6.70. The molecule has 0 bridgehead atoms. The molecule has 1 aliphatic heterocycles. The SMILES string of the molecule is NNC(=O)CCCCCN1C(=O)Cc2ccc(Cl)cc21. The minimum Gasteiger partial charge on any atom is -0.312 e. The number of fused-ring (bicyclic) bond motifs is 1. The van der Waals surface area contributed by atoms with E-state index in [0.29, 0.717) is 24.4 Å². The highest BCUT2D eigenvalue weighted by Gasteiger charge is 2.26. The van der Waals surface area contributed by atoms with Gasteiger partial charge in [0.1, 0.15) is 0 Å². The smallest absolute Gasteiger partial charge is 0.233 e. The number of nitrogens with two attached hydrogens (primary N) is 1. The van der Waals surface area contributed by atoms with Crippen molar-refractivity contribution in [1.82, 2.24) is 5.43 Å². The quantitative estimate of drug-likeness (QED) is 0.363. The van der Waals surface area contributed by atoms with Crippen LogP contribution in [0.5, 0.6) is 0 Å². The van der Waals surface area contributed by atoms with E-state index in [9.17, 15) is 9.59 Å². The van der Waals surface area contributed by atoms with E-state index in [1.807, 2.05) is 18.2 Å². The Morgan fingerprint density at radius 1 is 1.35 bits per heavy atom. The molecule has 0 radical (unpaired) electrons. The first-order valence-corrected chi connectivity index (χ1v) is 7.08. The summed E-state index contributed by atoms with van der Waals surface area (Å²) < 4.78 is 0. The molecule has 2 rings (SSSR count). The van der Waals surface area contributed by atoms with Crippen LogP contribution in [0.4, 0.5) is 5.69 Å². The monoisotopic (exact) mass is 295 g/mol. The van der Waals surface area contributed by atoms with Crippen molar-refractivity contribution in [2.45, 2.75) is 32.1 Å². The largest absolute Gasteiger partial charge is 0.312 e. The van der Waals surface area contributed by atoms with Crippen molar-refractivity contribution in [3.8, 4) is 0 Å². The molecule has 0 fully saturated rings. The lowest BCUT2D eigenvalue weighted by Crippen LogP contribution is -2.30. The van der Waals surface area contributed by atoms with E-state index in [2.05, 4.69) is 5.43 Å². The number of unbranched alkanes of at least 4 members (excludes halogenated alkanes) is 2. The van der Waals surface area contributed by atoms with E-state index in [0.717, 1.165) is 30.5 Å². The average Bonchev–Trinajstić information content (AvgIpc) is 2.74. The zero-order valence-electron chi connectivity index (χ0n) is 11.2. The Morgan fingerprint density at radius 3 is 2.90 bits per heavy atom. The van der Waals surface area contributed by atoms with Gasteiger partial charge in [-0.3, -0.25) is 15.0 Å². The normalized spacial score (nSPS) is 13.5. The number of rotatable bonds is 6. The van der Waals surface area contributed by atoms with Crippen molar-refractivity contribution in [3.63, 3.8) is 0 Å². The van der Waals surface area contributed by atoms with E-state index < -0.39 is 0 Å². The molecule has 3 N–H and O–H groups in total. The topological polar surface area (TPSA) is 75.4 Å². The summed E-state index contributed by atoms with van der Waals surface area (Å²) >= 11 is 5.98. The van der Waals surface area contributed by atoms with E-state index in [-0.39, 0.29) is 11.8 Å². The lowest BCUT2D eigenvalue weighted by atomic mass is 10.1. The summed E-state index contributed by atoms with van der Waals surface area (Å²) in [5, 5.41) is 0.642. The molecule has 0 spiro atoms. The van der Waals surface area contributed by atoms with Gasteiger partial charge in [0.15, 0.2) is 0 Å². The summed E-state index contributed by atoms with van der Waals surface area (Å²) in [6, 6.07) is 5.55. The summed E-state index contributed by atoms with van der Waals surface area (Å²) in [5.74, 6) is 4.97. The molecule has 0 aromatic heterocycles. The third-order valence-corrected chi connectivity index (χ3v) is 3.66. The molecule has 1 aromatic carbocycles. The second-order valence-electron chi connectivity index (χ2n) is 4.87. The fourth-order valence-electron chi connectivity index (χ4n) is 2.38. The van der Waals surface area contributed by atoms with Crippen molar-refractivity contribution in [1.29, 1.82) is 0 Å². The number of anilines is 1. The number of hydrogen-bond acceptors (Lipinski definition) is 3. The fraction of sp³-hybridized carbons (Fsp3) is 0.429. The van der Waals surface area contributed by atoms with Crippen molar-refractivity contribution in [2.75, 3.05) is 11.4 Å². The van der Waals surface area contributed by atoms with Crippen LogP contribution in [0.2, 0.25) is 5.02 Å². The molecule has 20 heavy (non-hydrogen) atoms. The third-order valence-electron chi connectivity index (χ3n) is 3.43. The maximum Gasteiger partial charge on any atom is 0.233 e. The van der Waals surface area contributed by atoms with Gasteiger partial charge in [0.2, 0.25) is 11.8 Å². The fourth-order valence-corrected chi connectivity index (χ4v) is 2.55. The van der Waals surface area contributed by atoms with Gasteiger partial charge in [0.25, 0.3) is 0 Å². The molecular formula is C14H18ClN3O2. The molecular weight excluding hydrogens is 278 g/mol. The highest BCUT2D eigenvalue weighted by molar-refractivity contribution is 6.31. The van der Waals surface area contributed by atoms with Crippen LogP contribution >= 0.6 is 11.6 Å². The minimum atomic E-state index is -0.153.